The second-order valence-electron chi connectivity index (χ2n) is 4.55. The van der Waals surface area contributed by atoms with Gasteiger partial charge >= 0.3 is 0 Å². The fourth-order valence-corrected chi connectivity index (χ4v) is 2.65. The highest BCUT2D eigenvalue weighted by Crippen LogP contribution is 2.19. The summed E-state index contributed by atoms with van der Waals surface area (Å²) in [6, 6.07) is 0. The molecule has 1 aromatic rings. The number of aliphatic hydroxyl groups is 1. The number of hydrogen-bond donors (Lipinski definition) is 2. The molecule has 1 aromatic heterocycles. The largest absolute Gasteiger partial charge is 0.395 e. The van der Waals surface area contributed by atoms with Gasteiger partial charge in [-0.3, -0.25) is 4.79 Å². The minimum Gasteiger partial charge on any atom is -0.395 e. The van der Waals surface area contributed by atoms with Gasteiger partial charge in [-0.2, -0.15) is 0 Å². The molecule has 0 aromatic carbocycles. The first-order valence-corrected chi connectivity index (χ1v) is 7.56. The van der Waals surface area contributed by atoms with Crippen molar-refractivity contribution in [1.29, 1.82) is 0 Å². The second-order valence-corrected chi connectivity index (χ2v) is 5.58. The summed E-state index contributed by atoms with van der Waals surface area (Å²) in [6.07, 6.45) is 5.64. The number of nitrogens with one attached hydrogen (secondary N) is 1. The Hall–Kier alpha value is -1.42. The second kappa shape index (κ2) is 8.00. The number of carbonyl (C=O) groups is 1. The summed E-state index contributed by atoms with van der Waals surface area (Å²) in [4.78, 5) is 16.7. The summed E-state index contributed by atoms with van der Waals surface area (Å²) < 4.78 is 5.53. The molecule has 0 aliphatic carbocycles. The lowest BCUT2D eigenvalue weighted by Gasteiger charge is -2.21. The number of amides is 1. The van der Waals surface area contributed by atoms with Gasteiger partial charge in [-0.25, -0.2) is 4.98 Å². The summed E-state index contributed by atoms with van der Waals surface area (Å²) in [6.45, 7) is 0.802. The highest BCUT2D eigenvalue weighted by atomic mass is 32.1. The molecule has 0 radical (unpaired) electrons. The average molecular weight is 294 g/mol. The van der Waals surface area contributed by atoms with E-state index in [1.165, 1.54) is 11.3 Å². The Bertz CT molecular complexity index is 498. The van der Waals surface area contributed by atoms with Gasteiger partial charge in [0.15, 0.2) is 5.13 Å². The molecule has 0 bridgehead atoms. The zero-order valence-electron chi connectivity index (χ0n) is 11.2. The van der Waals surface area contributed by atoms with Gasteiger partial charge in [0.2, 0.25) is 5.91 Å². The Balaban J connectivity index is 1.80. The monoisotopic (exact) mass is 294 g/mol. The first-order valence-electron chi connectivity index (χ1n) is 6.75. The van der Waals surface area contributed by atoms with Gasteiger partial charge in [0.05, 0.1) is 30.2 Å². The van der Waals surface area contributed by atoms with Crippen LogP contribution < -0.4 is 5.32 Å². The molecule has 1 aliphatic heterocycles. The molecule has 6 heteroatoms. The Morgan fingerprint density at radius 2 is 2.50 bits per heavy atom. The highest BCUT2D eigenvalue weighted by molar-refractivity contribution is 7.16. The lowest BCUT2D eigenvalue weighted by molar-refractivity contribution is -0.119. The van der Waals surface area contributed by atoms with Crippen molar-refractivity contribution in [2.45, 2.75) is 38.2 Å². The van der Waals surface area contributed by atoms with E-state index in [9.17, 15) is 4.79 Å². The van der Waals surface area contributed by atoms with Crippen LogP contribution in [-0.2, 0) is 9.53 Å². The maximum atomic E-state index is 11.9. The molecule has 2 N–H and O–H groups in total. The van der Waals surface area contributed by atoms with Gasteiger partial charge in [-0.05, 0) is 19.3 Å². The lowest BCUT2D eigenvalue weighted by Crippen LogP contribution is -2.25. The quantitative estimate of drug-likeness (QED) is 0.830. The third-order valence-electron chi connectivity index (χ3n) is 2.89. The standard InChI is InChI=1S/C14H18N2O3S/c17-7-3-1-6-12-10-15-14(20-12)16-13(18)9-11-5-2-4-8-19-11/h10-11,17H,2-5,7-9H2,(H,15,16,18). The van der Waals surface area contributed by atoms with E-state index in [1.807, 2.05) is 0 Å². The third kappa shape index (κ3) is 4.93. The molecule has 1 unspecified atom stereocenters. The molecular formula is C14H18N2O3S. The van der Waals surface area contributed by atoms with Crippen LogP contribution in [-0.4, -0.2) is 35.3 Å². The number of nitrogens with zero attached hydrogens (tertiary/aromatic N) is 1. The van der Waals surface area contributed by atoms with E-state index >= 15 is 0 Å². The van der Waals surface area contributed by atoms with Crippen molar-refractivity contribution in [2.24, 2.45) is 0 Å². The van der Waals surface area contributed by atoms with Crippen molar-refractivity contribution >= 4 is 22.4 Å². The highest BCUT2D eigenvalue weighted by Gasteiger charge is 2.18. The van der Waals surface area contributed by atoms with Crippen molar-refractivity contribution < 1.29 is 14.6 Å². The van der Waals surface area contributed by atoms with Crippen LogP contribution in [0.2, 0.25) is 0 Å². The smallest absolute Gasteiger partial charge is 0.228 e. The molecule has 1 amide bonds. The number of thiazole rings is 1. The fourth-order valence-electron chi connectivity index (χ4n) is 1.94. The van der Waals surface area contributed by atoms with Crippen LogP contribution in [0, 0.1) is 11.8 Å². The number of aliphatic hydroxyl groups excluding tert-OH is 1. The van der Waals surface area contributed by atoms with Gasteiger partial charge < -0.3 is 15.2 Å². The van der Waals surface area contributed by atoms with Crippen molar-refractivity contribution in [1.82, 2.24) is 4.98 Å². The molecule has 0 saturated carbocycles. The van der Waals surface area contributed by atoms with E-state index in [0.29, 0.717) is 18.0 Å². The number of rotatable bonds is 4. The van der Waals surface area contributed by atoms with Crippen LogP contribution in [0.5, 0.6) is 0 Å². The molecule has 0 spiro atoms. The van der Waals surface area contributed by atoms with Crippen LogP contribution in [0.1, 0.15) is 37.0 Å². The summed E-state index contributed by atoms with van der Waals surface area (Å²) in [5.74, 6) is 5.64. The molecule has 2 heterocycles. The fraction of sp³-hybridized carbons (Fsp3) is 0.571. The van der Waals surface area contributed by atoms with Crippen molar-refractivity contribution in [3.63, 3.8) is 0 Å². The van der Waals surface area contributed by atoms with Gasteiger partial charge in [0.1, 0.15) is 0 Å². The minimum atomic E-state index is -0.0684. The number of hydrogen-bond acceptors (Lipinski definition) is 5. The molecular weight excluding hydrogens is 276 g/mol. The molecule has 1 aliphatic rings. The molecule has 108 valence electrons. The normalized spacial score (nSPS) is 18.1. The van der Waals surface area contributed by atoms with E-state index in [1.54, 1.807) is 6.20 Å². The Labute approximate surface area is 122 Å². The van der Waals surface area contributed by atoms with Crippen molar-refractivity contribution in [3.8, 4) is 11.8 Å². The first kappa shape index (κ1) is 15.0. The number of carbonyl (C=O) groups excluding carboxylic acids is 1. The summed E-state index contributed by atoms with van der Waals surface area (Å²) in [7, 11) is 0. The first-order chi connectivity index (χ1) is 9.78. The van der Waals surface area contributed by atoms with Crippen LogP contribution in [0.25, 0.3) is 0 Å². The van der Waals surface area contributed by atoms with Gasteiger partial charge in [0.25, 0.3) is 0 Å². The maximum absolute atomic E-state index is 11.9. The zero-order chi connectivity index (χ0) is 14.2. The van der Waals surface area contributed by atoms with E-state index in [-0.39, 0.29) is 18.6 Å². The summed E-state index contributed by atoms with van der Waals surface area (Å²) in [5, 5.41) is 12.0. The van der Waals surface area contributed by atoms with Crippen LogP contribution >= 0.6 is 11.3 Å². The maximum Gasteiger partial charge on any atom is 0.228 e. The number of anilines is 1. The Morgan fingerprint density at radius 3 is 3.25 bits per heavy atom. The predicted octanol–water partition coefficient (Wildman–Crippen LogP) is 1.77. The van der Waals surface area contributed by atoms with Gasteiger partial charge in [-0.1, -0.05) is 23.2 Å². The summed E-state index contributed by atoms with van der Waals surface area (Å²) in [5.41, 5.74) is 0. The van der Waals surface area contributed by atoms with E-state index in [0.717, 1.165) is 30.7 Å². The Kier molecular flexibility index (Phi) is 5.99. The van der Waals surface area contributed by atoms with Crippen LogP contribution in [0.3, 0.4) is 0 Å². The van der Waals surface area contributed by atoms with Crippen LogP contribution in [0.4, 0.5) is 5.13 Å². The van der Waals surface area contributed by atoms with Gasteiger partial charge in [-0.15, -0.1) is 0 Å². The molecule has 1 fully saturated rings. The average Bonchev–Trinajstić information content (AvgIpc) is 2.87. The van der Waals surface area contributed by atoms with Crippen LogP contribution in [0.15, 0.2) is 6.20 Å². The van der Waals surface area contributed by atoms with Crippen molar-refractivity contribution in [2.75, 3.05) is 18.5 Å². The van der Waals surface area contributed by atoms with E-state index in [4.69, 9.17) is 9.84 Å². The SMILES string of the molecule is O=C(CC1CCCCO1)Nc1ncc(C#CCCO)s1. The number of aromatic nitrogens is 1. The molecule has 20 heavy (non-hydrogen) atoms. The Morgan fingerprint density at radius 1 is 1.60 bits per heavy atom. The third-order valence-corrected chi connectivity index (χ3v) is 3.72. The van der Waals surface area contributed by atoms with Crippen molar-refractivity contribution in [3.05, 3.63) is 11.1 Å². The lowest BCUT2D eigenvalue weighted by atomic mass is 10.1. The number of ether oxygens (including phenoxy) is 1. The predicted molar refractivity (Wildman–Crippen MR) is 77.5 cm³/mol. The summed E-state index contributed by atoms with van der Waals surface area (Å²) >= 11 is 1.33. The van der Waals surface area contributed by atoms with E-state index < -0.39 is 0 Å². The molecule has 2 rings (SSSR count). The molecule has 5 nitrogen and oxygen atoms in total. The topological polar surface area (TPSA) is 71.5 Å². The molecule has 1 saturated heterocycles. The minimum absolute atomic E-state index is 0.0347. The zero-order valence-corrected chi connectivity index (χ0v) is 12.0. The van der Waals surface area contributed by atoms with E-state index in [2.05, 4.69) is 22.1 Å². The molecule has 1 atom stereocenters. The van der Waals surface area contributed by atoms with Gasteiger partial charge in [0, 0.05) is 13.0 Å².